The molecule has 0 fully saturated rings. The van der Waals surface area contributed by atoms with Gasteiger partial charge in [0, 0.05) is 18.0 Å². The van der Waals surface area contributed by atoms with E-state index in [0.717, 1.165) is 33.3 Å². The predicted octanol–water partition coefficient (Wildman–Crippen LogP) is 3.28. The second kappa shape index (κ2) is 4.89. The number of aromatic amines is 1. The molecular formula is C17H16FN5. The van der Waals surface area contributed by atoms with Crippen molar-refractivity contribution in [3.05, 3.63) is 48.2 Å². The molecule has 3 N–H and O–H groups in total. The second-order valence-corrected chi connectivity index (χ2v) is 5.74. The minimum Gasteiger partial charge on any atom is -0.329 e. The van der Waals surface area contributed by atoms with Crippen molar-refractivity contribution in [2.24, 2.45) is 12.8 Å². The Hall–Kier alpha value is -2.73. The number of nitrogens with two attached hydrogens (primary N) is 1. The summed E-state index contributed by atoms with van der Waals surface area (Å²) in [5.41, 5.74) is 9.65. The van der Waals surface area contributed by atoms with Crippen LogP contribution in [-0.2, 0) is 7.05 Å². The normalized spacial score (nSPS) is 13.0. The highest BCUT2D eigenvalue weighted by Gasteiger charge is 2.20. The van der Waals surface area contributed by atoms with Crippen LogP contribution in [0.3, 0.4) is 0 Å². The number of halogens is 1. The number of nitrogens with one attached hydrogen (secondary N) is 1. The lowest BCUT2D eigenvalue weighted by molar-refractivity contribution is 0.632. The van der Waals surface area contributed by atoms with Gasteiger partial charge < -0.3 is 10.3 Å². The number of imidazole rings is 1. The molecule has 4 rings (SSSR count). The molecule has 1 atom stereocenters. The van der Waals surface area contributed by atoms with Gasteiger partial charge in [0.2, 0.25) is 0 Å². The van der Waals surface area contributed by atoms with E-state index in [4.69, 9.17) is 5.73 Å². The number of H-pyrrole nitrogens is 1. The summed E-state index contributed by atoms with van der Waals surface area (Å²) in [6, 6.07) is 8.61. The lowest BCUT2D eigenvalue weighted by atomic mass is 10.00. The maximum Gasteiger partial charge on any atom is 0.133 e. The first-order valence-corrected chi connectivity index (χ1v) is 7.41. The number of hydrogen-bond acceptors (Lipinski definition) is 3. The van der Waals surface area contributed by atoms with Crippen LogP contribution < -0.4 is 5.73 Å². The first-order chi connectivity index (χ1) is 11.1. The summed E-state index contributed by atoms with van der Waals surface area (Å²) in [6.07, 6.45) is 1.71. The summed E-state index contributed by atoms with van der Waals surface area (Å²) in [5.74, 6) is 0.441. The molecule has 0 radical (unpaired) electrons. The summed E-state index contributed by atoms with van der Waals surface area (Å²) in [4.78, 5) is 4.55. The second-order valence-electron chi connectivity index (χ2n) is 5.74. The van der Waals surface area contributed by atoms with Gasteiger partial charge in [-0.25, -0.2) is 9.37 Å². The molecule has 116 valence electrons. The van der Waals surface area contributed by atoms with E-state index in [9.17, 15) is 4.39 Å². The third-order valence-electron chi connectivity index (χ3n) is 4.18. The van der Waals surface area contributed by atoms with Crippen molar-refractivity contribution in [3.8, 4) is 11.1 Å². The maximum absolute atomic E-state index is 14.7. The lowest BCUT2D eigenvalue weighted by Crippen LogP contribution is -2.11. The van der Waals surface area contributed by atoms with Crippen LogP contribution in [-0.4, -0.2) is 19.7 Å². The molecule has 2 heterocycles. The molecule has 23 heavy (non-hydrogen) atoms. The number of rotatable bonds is 2. The van der Waals surface area contributed by atoms with E-state index in [2.05, 4.69) is 15.2 Å². The molecule has 6 heteroatoms. The van der Waals surface area contributed by atoms with E-state index in [0.29, 0.717) is 5.56 Å². The zero-order chi connectivity index (χ0) is 16.1. The van der Waals surface area contributed by atoms with Gasteiger partial charge in [-0.3, -0.25) is 5.10 Å². The van der Waals surface area contributed by atoms with E-state index in [1.54, 1.807) is 12.3 Å². The fraction of sp³-hybridized carbons (Fsp3) is 0.176. The number of hydrogen-bond donors (Lipinski definition) is 2. The zero-order valence-corrected chi connectivity index (χ0v) is 12.8. The van der Waals surface area contributed by atoms with Crippen LogP contribution in [0, 0.1) is 5.82 Å². The standard InChI is InChI=1S/C17H16FN5/c1-9(19)17-21-14-7-6-12(18)15(16(14)23(17)2)10-4-3-5-13-11(10)8-20-22-13/h3-9H,19H2,1-2H3,(H,20,22)/t9-/m0/s1. The summed E-state index contributed by atoms with van der Waals surface area (Å²) in [6.45, 7) is 1.87. The van der Waals surface area contributed by atoms with Crippen molar-refractivity contribution >= 4 is 21.9 Å². The number of nitrogens with zero attached hydrogens (tertiary/aromatic N) is 3. The first-order valence-electron chi connectivity index (χ1n) is 7.41. The van der Waals surface area contributed by atoms with Crippen molar-refractivity contribution in [1.29, 1.82) is 0 Å². The van der Waals surface area contributed by atoms with Gasteiger partial charge in [-0.1, -0.05) is 12.1 Å². The first kappa shape index (κ1) is 13.9. The molecule has 0 amide bonds. The van der Waals surface area contributed by atoms with Crippen LogP contribution >= 0.6 is 0 Å². The summed E-state index contributed by atoms with van der Waals surface area (Å²) < 4.78 is 16.6. The van der Waals surface area contributed by atoms with Crippen molar-refractivity contribution < 1.29 is 4.39 Å². The minimum absolute atomic E-state index is 0.229. The summed E-state index contributed by atoms with van der Waals surface area (Å²) in [5, 5.41) is 7.86. The van der Waals surface area contributed by atoms with Crippen LogP contribution in [0.2, 0.25) is 0 Å². The SMILES string of the molecule is C[C@H](N)c1nc2ccc(F)c(-c3cccc4[nH]ncc34)c2n1C. The van der Waals surface area contributed by atoms with E-state index >= 15 is 0 Å². The van der Waals surface area contributed by atoms with Crippen molar-refractivity contribution in [2.45, 2.75) is 13.0 Å². The Bertz CT molecular complexity index is 1030. The van der Waals surface area contributed by atoms with Gasteiger partial charge in [-0.05, 0) is 30.7 Å². The van der Waals surface area contributed by atoms with E-state index in [1.807, 2.05) is 36.7 Å². The summed E-state index contributed by atoms with van der Waals surface area (Å²) in [7, 11) is 1.87. The van der Waals surface area contributed by atoms with E-state index in [-0.39, 0.29) is 11.9 Å². The molecule has 0 spiro atoms. The predicted molar refractivity (Wildman–Crippen MR) is 88.4 cm³/mol. The van der Waals surface area contributed by atoms with Crippen LogP contribution in [0.1, 0.15) is 18.8 Å². The third-order valence-corrected chi connectivity index (χ3v) is 4.18. The molecule has 0 aliphatic carbocycles. The highest BCUT2D eigenvalue weighted by atomic mass is 19.1. The lowest BCUT2D eigenvalue weighted by Gasteiger charge is -2.10. The van der Waals surface area contributed by atoms with Crippen molar-refractivity contribution in [3.63, 3.8) is 0 Å². The third kappa shape index (κ3) is 1.95. The van der Waals surface area contributed by atoms with Crippen LogP contribution in [0.5, 0.6) is 0 Å². The van der Waals surface area contributed by atoms with Gasteiger partial charge in [-0.15, -0.1) is 0 Å². The number of benzene rings is 2. The molecule has 0 unspecified atom stereocenters. The maximum atomic E-state index is 14.7. The molecule has 2 aromatic heterocycles. The quantitative estimate of drug-likeness (QED) is 0.597. The zero-order valence-electron chi connectivity index (χ0n) is 12.8. The molecule has 2 aromatic carbocycles. The summed E-state index contributed by atoms with van der Waals surface area (Å²) >= 11 is 0. The van der Waals surface area contributed by atoms with Gasteiger partial charge in [0.25, 0.3) is 0 Å². The van der Waals surface area contributed by atoms with Crippen LogP contribution in [0.25, 0.3) is 33.1 Å². The fourth-order valence-electron chi connectivity index (χ4n) is 3.15. The largest absolute Gasteiger partial charge is 0.329 e. The Labute approximate surface area is 131 Å². The molecule has 0 aliphatic heterocycles. The Balaban J connectivity index is 2.14. The Kier molecular flexibility index (Phi) is 2.96. The van der Waals surface area contributed by atoms with Gasteiger partial charge in [0.05, 0.1) is 28.8 Å². The number of fused-ring (bicyclic) bond motifs is 2. The molecule has 5 nitrogen and oxygen atoms in total. The molecule has 0 bridgehead atoms. The minimum atomic E-state index is -0.287. The highest BCUT2D eigenvalue weighted by molar-refractivity contribution is 6.02. The van der Waals surface area contributed by atoms with Gasteiger partial charge >= 0.3 is 0 Å². The molecular weight excluding hydrogens is 293 g/mol. The molecule has 0 aliphatic rings. The number of aryl methyl sites for hydroxylation is 1. The molecule has 0 saturated carbocycles. The average molecular weight is 309 g/mol. The average Bonchev–Trinajstić information content (AvgIpc) is 3.12. The molecule has 0 saturated heterocycles. The van der Waals surface area contributed by atoms with Crippen LogP contribution in [0.4, 0.5) is 4.39 Å². The van der Waals surface area contributed by atoms with Gasteiger partial charge in [0.1, 0.15) is 11.6 Å². The van der Waals surface area contributed by atoms with Crippen LogP contribution in [0.15, 0.2) is 36.5 Å². The van der Waals surface area contributed by atoms with Gasteiger partial charge in [-0.2, -0.15) is 5.10 Å². The topological polar surface area (TPSA) is 72.5 Å². The Morgan fingerprint density at radius 2 is 2.09 bits per heavy atom. The Morgan fingerprint density at radius 1 is 1.26 bits per heavy atom. The van der Waals surface area contributed by atoms with Gasteiger partial charge in [0.15, 0.2) is 0 Å². The van der Waals surface area contributed by atoms with Crippen molar-refractivity contribution in [2.75, 3.05) is 0 Å². The molecule has 4 aromatic rings. The fourth-order valence-corrected chi connectivity index (χ4v) is 3.15. The monoisotopic (exact) mass is 309 g/mol. The number of aromatic nitrogens is 4. The van der Waals surface area contributed by atoms with E-state index in [1.165, 1.54) is 6.07 Å². The highest BCUT2D eigenvalue weighted by Crippen LogP contribution is 2.36. The van der Waals surface area contributed by atoms with Crippen molar-refractivity contribution in [1.82, 2.24) is 19.7 Å². The smallest absolute Gasteiger partial charge is 0.133 e. The Morgan fingerprint density at radius 3 is 2.87 bits per heavy atom. The van der Waals surface area contributed by atoms with E-state index < -0.39 is 0 Å².